The Kier molecular flexibility index (Phi) is 8.80. The fraction of sp³-hybridized carbons (Fsp3) is 0.379. The van der Waals surface area contributed by atoms with E-state index in [-0.39, 0.29) is 31.9 Å². The molecule has 11 nitrogen and oxygen atoms in total. The second kappa shape index (κ2) is 12.4. The highest BCUT2D eigenvalue weighted by atomic mass is 19.4. The Labute approximate surface area is 251 Å². The Morgan fingerprint density at radius 1 is 1.04 bits per heavy atom. The van der Waals surface area contributed by atoms with Gasteiger partial charge in [0.15, 0.2) is 0 Å². The molecule has 2 aromatic carbocycles. The molecule has 240 valence electrons. The summed E-state index contributed by atoms with van der Waals surface area (Å²) in [5.41, 5.74) is -1.25. The highest BCUT2D eigenvalue weighted by Gasteiger charge is 2.46. The molecule has 0 saturated carbocycles. The average Bonchev–Trinajstić information content (AvgIpc) is 2.99. The lowest BCUT2D eigenvalue weighted by molar-refractivity contribution is -0.167. The molecule has 1 saturated heterocycles. The number of carbonyl (C=O) groups excluding carboxylic acids is 1. The van der Waals surface area contributed by atoms with Crippen LogP contribution in [-0.2, 0) is 40.8 Å². The van der Waals surface area contributed by atoms with Crippen LogP contribution in [-0.4, -0.2) is 70.7 Å². The van der Waals surface area contributed by atoms with Gasteiger partial charge in [0.1, 0.15) is 29.3 Å². The van der Waals surface area contributed by atoms with Gasteiger partial charge in [-0.2, -0.15) is 13.2 Å². The second-order valence-corrected chi connectivity index (χ2v) is 10.6. The number of carboxylic acids is 1. The van der Waals surface area contributed by atoms with Crippen molar-refractivity contribution in [2.45, 2.75) is 37.7 Å². The number of hydrogen-bond acceptors (Lipinski definition) is 7. The third kappa shape index (κ3) is 6.33. The van der Waals surface area contributed by atoms with E-state index in [2.05, 4.69) is 0 Å². The van der Waals surface area contributed by atoms with Crippen molar-refractivity contribution in [3.8, 4) is 5.69 Å². The van der Waals surface area contributed by atoms with Crippen LogP contribution >= 0.6 is 0 Å². The van der Waals surface area contributed by atoms with E-state index < -0.39 is 70.9 Å². The number of nitrogens with zero attached hydrogens (tertiary/aromatic N) is 3. The molecule has 2 unspecified atom stereocenters. The summed E-state index contributed by atoms with van der Waals surface area (Å²) < 4.78 is 82.8. The Morgan fingerprint density at radius 3 is 2.33 bits per heavy atom. The number of alkyl halides is 3. The molecular weight excluding hydrogens is 611 g/mol. The van der Waals surface area contributed by atoms with Crippen LogP contribution < -0.4 is 21.5 Å². The lowest BCUT2D eigenvalue weighted by atomic mass is 10.0. The van der Waals surface area contributed by atoms with Crippen molar-refractivity contribution in [3.63, 3.8) is 0 Å². The fourth-order valence-electron chi connectivity index (χ4n) is 5.39. The number of nitrogens with one attached hydrogen (secondary N) is 1. The highest BCUT2D eigenvalue weighted by molar-refractivity contribution is 5.97. The minimum atomic E-state index is -4.75. The topological polar surface area (TPSA) is 132 Å². The second-order valence-electron chi connectivity index (χ2n) is 10.6. The van der Waals surface area contributed by atoms with Crippen molar-refractivity contribution in [1.82, 2.24) is 14.5 Å². The predicted octanol–water partition coefficient (Wildman–Crippen LogP) is 2.08. The van der Waals surface area contributed by atoms with Crippen LogP contribution in [0, 0.1) is 11.6 Å². The number of aliphatic carboxylic acids is 1. The van der Waals surface area contributed by atoms with Crippen LogP contribution in [0.1, 0.15) is 27.2 Å². The van der Waals surface area contributed by atoms with Crippen molar-refractivity contribution in [3.05, 3.63) is 91.3 Å². The van der Waals surface area contributed by atoms with Gasteiger partial charge in [-0.3, -0.25) is 14.2 Å². The quantitative estimate of drug-likeness (QED) is 0.377. The van der Waals surface area contributed by atoms with Crippen LogP contribution in [0.2, 0.25) is 0 Å². The molecule has 2 atom stereocenters. The molecule has 1 amide bonds. The number of hydrogen-bond donors (Lipinski definition) is 2. The maximum atomic E-state index is 15.0. The molecule has 2 aliphatic rings. The van der Waals surface area contributed by atoms with Gasteiger partial charge in [-0.15, -0.1) is 0 Å². The zero-order valence-electron chi connectivity index (χ0n) is 23.7. The van der Waals surface area contributed by atoms with Gasteiger partial charge in [-0.05, 0) is 29.8 Å². The molecule has 3 heterocycles. The molecule has 0 spiro atoms. The van der Waals surface area contributed by atoms with Crippen molar-refractivity contribution >= 4 is 17.6 Å². The summed E-state index contributed by atoms with van der Waals surface area (Å²) in [5, 5.41) is 11.8. The van der Waals surface area contributed by atoms with Crippen molar-refractivity contribution < 1.29 is 46.1 Å². The van der Waals surface area contributed by atoms with E-state index in [1.54, 1.807) is 0 Å². The van der Waals surface area contributed by atoms with Crippen LogP contribution in [0.15, 0.2) is 46.0 Å². The Balaban J connectivity index is 1.35. The van der Waals surface area contributed by atoms with E-state index in [1.165, 1.54) is 35.9 Å². The van der Waals surface area contributed by atoms with Gasteiger partial charge in [-0.25, -0.2) is 22.9 Å². The molecule has 3 aromatic rings. The van der Waals surface area contributed by atoms with E-state index in [9.17, 15) is 46.2 Å². The molecule has 1 aromatic heterocycles. The number of morpholine rings is 1. The lowest BCUT2D eigenvalue weighted by Gasteiger charge is -2.38. The normalized spacial score (nSPS) is 17.5. The van der Waals surface area contributed by atoms with E-state index in [1.807, 2.05) is 5.32 Å². The summed E-state index contributed by atoms with van der Waals surface area (Å²) >= 11 is 0. The van der Waals surface area contributed by atoms with E-state index in [0.29, 0.717) is 42.0 Å². The number of halogens is 5. The summed E-state index contributed by atoms with van der Waals surface area (Å²) in [7, 11) is 1.52. The number of ether oxygens (including phenoxy) is 2. The largest absolute Gasteiger partial charge is 0.480 e. The Morgan fingerprint density at radius 2 is 1.71 bits per heavy atom. The van der Waals surface area contributed by atoms with Crippen molar-refractivity contribution in [1.29, 1.82) is 0 Å². The summed E-state index contributed by atoms with van der Waals surface area (Å²) in [6, 6.07) is 3.03. The third-order valence-corrected chi connectivity index (χ3v) is 7.76. The molecule has 0 bridgehead atoms. The smallest absolute Gasteiger partial charge is 0.411 e. The number of fused-ring (bicyclic) bond motifs is 1. The maximum Gasteiger partial charge on any atom is 0.411 e. The average molecular weight is 639 g/mol. The minimum absolute atomic E-state index is 0.116. The van der Waals surface area contributed by atoms with Gasteiger partial charge in [0.05, 0.1) is 37.8 Å². The van der Waals surface area contributed by atoms with Crippen LogP contribution in [0.5, 0.6) is 0 Å². The molecule has 2 aliphatic heterocycles. The van der Waals surface area contributed by atoms with Crippen LogP contribution in [0.25, 0.3) is 5.69 Å². The predicted molar refractivity (Wildman–Crippen MR) is 148 cm³/mol. The molecule has 2 N–H and O–H groups in total. The van der Waals surface area contributed by atoms with Crippen molar-refractivity contribution in [2.24, 2.45) is 7.05 Å². The molecule has 1 fully saturated rings. The first-order chi connectivity index (χ1) is 21.3. The van der Waals surface area contributed by atoms with E-state index >= 15 is 0 Å². The molecule has 0 radical (unpaired) electrons. The molecule has 0 aliphatic carbocycles. The highest BCUT2D eigenvalue weighted by Crippen LogP contribution is 2.32. The maximum absolute atomic E-state index is 15.0. The van der Waals surface area contributed by atoms with Gasteiger partial charge in [0, 0.05) is 37.7 Å². The monoisotopic (exact) mass is 638 g/mol. The summed E-state index contributed by atoms with van der Waals surface area (Å²) in [6.45, 7) is -0.713. The standard InChI is InChI=1S/C29H27F5N4O7/c1-36-22-13-44-8-6-18(22)26(40)38(28(36)43)16-4-2-15(3-5-16)10-21(27(41)42)35-25(39)24-19(30)11-17(12-20(24)31)37-7-9-45-14-23(37)29(32,33)34/h2-5,11-12,21,23H,6-10,13-14H2,1H3,(H,35,39)(H,41,42). The first-order valence-electron chi connectivity index (χ1n) is 13.7. The molecule has 16 heteroatoms. The Hall–Kier alpha value is -4.57. The number of carbonyl (C=O) groups is 2. The Bertz CT molecular complexity index is 1730. The van der Waals surface area contributed by atoms with E-state index in [4.69, 9.17) is 9.47 Å². The number of anilines is 1. The number of rotatable bonds is 7. The van der Waals surface area contributed by atoms with E-state index in [0.717, 1.165) is 9.47 Å². The van der Waals surface area contributed by atoms with Gasteiger partial charge < -0.3 is 24.8 Å². The number of carboxylic acid groups (broad SMARTS) is 1. The number of amides is 1. The van der Waals surface area contributed by atoms with Crippen molar-refractivity contribution in [2.75, 3.05) is 31.3 Å². The molecule has 5 rings (SSSR count). The number of aromatic nitrogens is 2. The third-order valence-electron chi connectivity index (χ3n) is 7.76. The zero-order chi connectivity index (χ0) is 32.6. The van der Waals surface area contributed by atoms with Crippen LogP contribution in [0.4, 0.5) is 27.6 Å². The van der Waals surface area contributed by atoms with Gasteiger partial charge in [0.2, 0.25) is 0 Å². The minimum Gasteiger partial charge on any atom is -0.480 e. The molecular formula is C29H27F5N4O7. The fourth-order valence-corrected chi connectivity index (χ4v) is 5.39. The van der Waals surface area contributed by atoms with Crippen LogP contribution in [0.3, 0.4) is 0 Å². The molecule has 45 heavy (non-hydrogen) atoms. The van der Waals surface area contributed by atoms with Gasteiger partial charge in [0.25, 0.3) is 11.5 Å². The van der Waals surface area contributed by atoms with Gasteiger partial charge in [-0.1, -0.05) is 12.1 Å². The first kappa shape index (κ1) is 31.8. The zero-order valence-corrected chi connectivity index (χ0v) is 23.7. The summed E-state index contributed by atoms with van der Waals surface area (Å²) in [4.78, 5) is 51.5. The lowest BCUT2D eigenvalue weighted by Crippen LogP contribution is -2.53. The summed E-state index contributed by atoms with van der Waals surface area (Å²) in [5.74, 6) is -5.92. The first-order valence-corrected chi connectivity index (χ1v) is 13.7. The van der Waals surface area contributed by atoms with Gasteiger partial charge >= 0.3 is 17.8 Å². The SMILES string of the molecule is Cn1c2c(c(=O)n(-c3ccc(CC(NC(=O)c4c(F)cc(N5CCOCC5C(F)(F)F)cc4F)C(=O)O)cc3)c1=O)CCOC2. The summed E-state index contributed by atoms with van der Waals surface area (Å²) in [6.07, 6.45) is -4.78. The number of benzene rings is 2.